The van der Waals surface area contributed by atoms with Gasteiger partial charge in [-0.2, -0.15) is 0 Å². The van der Waals surface area contributed by atoms with Crippen molar-refractivity contribution in [3.8, 4) is 5.69 Å². The molecule has 2 aromatic heterocycles. The summed E-state index contributed by atoms with van der Waals surface area (Å²) in [4.78, 5) is 8.49. The van der Waals surface area contributed by atoms with E-state index in [9.17, 15) is 0 Å². The molecule has 1 aromatic carbocycles. The fourth-order valence-corrected chi connectivity index (χ4v) is 2.31. The second-order valence-electron chi connectivity index (χ2n) is 4.75. The number of aromatic nitrogens is 4. The summed E-state index contributed by atoms with van der Waals surface area (Å²) in [6.45, 7) is 2.10. The summed E-state index contributed by atoms with van der Waals surface area (Å²) in [7, 11) is 2.00. The summed E-state index contributed by atoms with van der Waals surface area (Å²) >= 11 is 0. The molecule has 0 fully saturated rings. The van der Waals surface area contributed by atoms with Crippen molar-refractivity contribution in [1.29, 1.82) is 0 Å². The lowest BCUT2D eigenvalue weighted by atomic mass is 10.2. The summed E-state index contributed by atoms with van der Waals surface area (Å²) < 4.78 is 4.02. The van der Waals surface area contributed by atoms with E-state index in [0.717, 1.165) is 17.2 Å². The third kappa shape index (κ3) is 2.30. The second-order valence-corrected chi connectivity index (χ2v) is 4.75. The number of hydrogen-bond acceptors (Lipinski definition) is 3. The van der Waals surface area contributed by atoms with Crippen molar-refractivity contribution < 1.29 is 0 Å². The maximum atomic E-state index is 4.39. The zero-order chi connectivity index (χ0) is 13.9. The number of nitrogens with zero attached hydrogens (tertiary/aromatic N) is 4. The fourth-order valence-electron chi connectivity index (χ4n) is 2.31. The first-order chi connectivity index (χ1) is 9.75. The lowest BCUT2D eigenvalue weighted by Gasteiger charge is -2.18. The molecular weight excluding hydrogens is 250 g/mol. The minimum atomic E-state index is 0.125. The Morgan fingerprint density at radius 2 is 2.00 bits per heavy atom. The fraction of sp³-hybridized carbons (Fsp3) is 0.200. The van der Waals surface area contributed by atoms with E-state index in [-0.39, 0.29) is 6.04 Å². The molecule has 0 radical (unpaired) electrons. The van der Waals surface area contributed by atoms with Crippen LogP contribution in [0, 0.1) is 0 Å². The molecule has 3 aromatic rings. The van der Waals surface area contributed by atoms with E-state index in [1.165, 1.54) is 0 Å². The second kappa shape index (κ2) is 5.21. The van der Waals surface area contributed by atoms with Gasteiger partial charge in [-0.25, -0.2) is 9.97 Å². The molecule has 0 aliphatic rings. The Morgan fingerprint density at radius 1 is 1.15 bits per heavy atom. The van der Waals surface area contributed by atoms with Crippen molar-refractivity contribution in [1.82, 2.24) is 19.1 Å². The standard InChI is InChI=1S/C15H17N5/c1-12(15-17-8-9-19(15)2)18-13-5-3-4-6-14(13)20-10-7-16-11-20/h3-12,18H,1-2H3. The van der Waals surface area contributed by atoms with E-state index < -0.39 is 0 Å². The van der Waals surface area contributed by atoms with Gasteiger partial charge in [-0.15, -0.1) is 0 Å². The predicted molar refractivity (Wildman–Crippen MR) is 78.8 cm³/mol. The molecule has 20 heavy (non-hydrogen) atoms. The highest BCUT2D eigenvalue weighted by Gasteiger charge is 2.12. The number of imidazole rings is 2. The summed E-state index contributed by atoms with van der Waals surface area (Å²) in [6.07, 6.45) is 9.28. The van der Waals surface area contributed by atoms with Gasteiger partial charge in [0.2, 0.25) is 0 Å². The van der Waals surface area contributed by atoms with E-state index in [2.05, 4.69) is 34.3 Å². The molecule has 2 heterocycles. The quantitative estimate of drug-likeness (QED) is 0.790. The van der Waals surface area contributed by atoms with Crippen LogP contribution < -0.4 is 5.32 Å². The largest absolute Gasteiger partial charge is 0.374 e. The number of hydrogen-bond donors (Lipinski definition) is 1. The van der Waals surface area contributed by atoms with Crippen molar-refractivity contribution >= 4 is 5.69 Å². The van der Waals surface area contributed by atoms with Gasteiger partial charge in [0.25, 0.3) is 0 Å². The van der Waals surface area contributed by atoms with Gasteiger partial charge in [0.1, 0.15) is 5.82 Å². The molecule has 0 aliphatic carbocycles. The van der Waals surface area contributed by atoms with Gasteiger partial charge in [0, 0.05) is 31.8 Å². The van der Waals surface area contributed by atoms with Crippen LogP contribution in [0.4, 0.5) is 5.69 Å². The zero-order valence-corrected chi connectivity index (χ0v) is 11.6. The number of nitrogens with one attached hydrogen (secondary N) is 1. The van der Waals surface area contributed by atoms with E-state index in [0.29, 0.717) is 0 Å². The predicted octanol–water partition coefficient (Wildman–Crippen LogP) is 2.78. The average molecular weight is 267 g/mol. The molecule has 3 rings (SSSR count). The van der Waals surface area contributed by atoms with Crippen molar-refractivity contribution in [2.24, 2.45) is 7.05 Å². The molecule has 102 valence electrons. The first-order valence-electron chi connectivity index (χ1n) is 6.57. The third-order valence-corrected chi connectivity index (χ3v) is 3.30. The summed E-state index contributed by atoms with van der Waals surface area (Å²) in [5.74, 6) is 1.01. The first-order valence-corrected chi connectivity index (χ1v) is 6.57. The van der Waals surface area contributed by atoms with Gasteiger partial charge in [0.15, 0.2) is 0 Å². The van der Waals surface area contributed by atoms with Crippen LogP contribution in [0.15, 0.2) is 55.4 Å². The van der Waals surface area contributed by atoms with Gasteiger partial charge < -0.3 is 14.5 Å². The van der Waals surface area contributed by atoms with E-state index in [4.69, 9.17) is 0 Å². The Bertz CT molecular complexity index is 684. The van der Waals surface area contributed by atoms with Crippen LogP contribution >= 0.6 is 0 Å². The summed E-state index contributed by atoms with van der Waals surface area (Å²) in [6, 6.07) is 8.30. The van der Waals surface area contributed by atoms with Crippen LogP contribution in [-0.2, 0) is 7.05 Å². The van der Waals surface area contributed by atoms with Crippen LogP contribution in [0.1, 0.15) is 18.8 Å². The minimum absolute atomic E-state index is 0.125. The maximum absolute atomic E-state index is 4.39. The van der Waals surface area contributed by atoms with Gasteiger partial charge in [-0.1, -0.05) is 12.1 Å². The monoisotopic (exact) mass is 267 g/mol. The lowest BCUT2D eigenvalue weighted by Crippen LogP contribution is -2.13. The number of aryl methyl sites for hydroxylation is 1. The topological polar surface area (TPSA) is 47.7 Å². The Kier molecular flexibility index (Phi) is 3.25. The molecule has 0 aliphatic heterocycles. The minimum Gasteiger partial charge on any atom is -0.374 e. The van der Waals surface area contributed by atoms with Gasteiger partial charge in [0.05, 0.1) is 23.7 Å². The number of anilines is 1. The van der Waals surface area contributed by atoms with Gasteiger partial charge in [-0.05, 0) is 19.1 Å². The smallest absolute Gasteiger partial charge is 0.130 e. The van der Waals surface area contributed by atoms with E-state index in [1.54, 1.807) is 12.5 Å². The Hall–Kier alpha value is -2.56. The van der Waals surface area contributed by atoms with E-state index in [1.807, 2.05) is 46.9 Å². The van der Waals surface area contributed by atoms with Gasteiger partial charge in [-0.3, -0.25) is 0 Å². The van der Waals surface area contributed by atoms with Crippen LogP contribution in [0.5, 0.6) is 0 Å². The van der Waals surface area contributed by atoms with Crippen molar-refractivity contribution in [2.75, 3.05) is 5.32 Å². The molecule has 5 nitrogen and oxygen atoms in total. The maximum Gasteiger partial charge on any atom is 0.130 e. The lowest BCUT2D eigenvalue weighted by molar-refractivity contribution is 0.721. The Labute approximate surface area is 117 Å². The molecule has 5 heteroatoms. The first kappa shape index (κ1) is 12.5. The van der Waals surface area contributed by atoms with Crippen molar-refractivity contribution in [3.05, 3.63) is 61.2 Å². The van der Waals surface area contributed by atoms with E-state index >= 15 is 0 Å². The van der Waals surface area contributed by atoms with Crippen LogP contribution in [0.2, 0.25) is 0 Å². The van der Waals surface area contributed by atoms with Crippen LogP contribution in [0.25, 0.3) is 5.69 Å². The average Bonchev–Trinajstić information content (AvgIpc) is 3.10. The molecule has 1 unspecified atom stereocenters. The van der Waals surface area contributed by atoms with Gasteiger partial charge >= 0.3 is 0 Å². The number of rotatable bonds is 4. The molecule has 0 bridgehead atoms. The molecule has 0 spiro atoms. The molecule has 1 atom stereocenters. The molecule has 0 saturated heterocycles. The zero-order valence-electron chi connectivity index (χ0n) is 11.6. The third-order valence-electron chi connectivity index (χ3n) is 3.30. The highest BCUT2D eigenvalue weighted by atomic mass is 15.1. The molecular formula is C15H17N5. The highest BCUT2D eigenvalue weighted by Crippen LogP contribution is 2.24. The van der Waals surface area contributed by atoms with Crippen molar-refractivity contribution in [3.63, 3.8) is 0 Å². The number of para-hydroxylation sites is 2. The highest BCUT2D eigenvalue weighted by molar-refractivity contribution is 5.61. The molecule has 0 saturated carbocycles. The normalized spacial score (nSPS) is 12.3. The molecule has 0 amide bonds. The summed E-state index contributed by atoms with van der Waals surface area (Å²) in [5, 5.41) is 3.51. The van der Waals surface area contributed by atoms with Crippen molar-refractivity contribution in [2.45, 2.75) is 13.0 Å². The Morgan fingerprint density at radius 3 is 2.70 bits per heavy atom. The van der Waals surface area contributed by atoms with Crippen LogP contribution in [-0.4, -0.2) is 19.1 Å². The summed E-state index contributed by atoms with van der Waals surface area (Å²) in [5.41, 5.74) is 2.13. The SMILES string of the molecule is CC(Nc1ccccc1-n1ccnc1)c1nccn1C. The molecule has 1 N–H and O–H groups in total. The number of benzene rings is 1. The van der Waals surface area contributed by atoms with Crippen LogP contribution in [0.3, 0.4) is 0 Å². The Balaban J connectivity index is 1.90.